The first-order chi connectivity index (χ1) is 11.7. The fourth-order valence-electron chi connectivity index (χ4n) is 2.40. The SMILES string of the molecule is O=C(CCn1c(=O)oc2ccccc21)NCCSc1ccccc1. The van der Waals surface area contributed by atoms with Gasteiger partial charge in [-0.2, -0.15) is 0 Å². The Kier molecular flexibility index (Phi) is 5.38. The first kappa shape index (κ1) is 16.4. The number of benzene rings is 2. The van der Waals surface area contributed by atoms with Crippen LogP contribution in [-0.4, -0.2) is 22.8 Å². The van der Waals surface area contributed by atoms with Gasteiger partial charge in [-0.3, -0.25) is 9.36 Å². The molecule has 0 spiro atoms. The van der Waals surface area contributed by atoms with Gasteiger partial charge < -0.3 is 9.73 Å². The molecular formula is C18H18N2O3S. The lowest BCUT2D eigenvalue weighted by molar-refractivity contribution is -0.121. The van der Waals surface area contributed by atoms with E-state index in [1.165, 1.54) is 9.46 Å². The lowest BCUT2D eigenvalue weighted by Gasteiger charge is -2.06. The zero-order valence-electron chi connectivity index (χ0n) is 13.1. The lowest BCUT2D eigenvalue weighted by atomic mass is 10.3. The number of nitrogens with zero attached hydrogens (tertiary/aromatic N) is 1. The van der Waals surface area contributed by atoms with E-state index in [2.05, 4.69) is 5.32 Å². The van der Waals surface area contributed by atoms with Gasteiger partial charge in [0, 0.05) is 30.2 Å². The van der Waals surface area contributed by atoms with E-state index in [1.807, 2.05) is 48.5 Å². The van der Waals surface area contributed by atoms with Crippen LogP contribution >= 0.6 is 11.8 Å². The molecule has 5 nitrogen and oxygen atoms in total. The van der Waals surface area contributed by atoms with E-state index in [4.69, 9.17) is 4.42 Å². The van der Waals surface area contributed by atoms with E-state index in [9.17, 15) is 9.59 Å². The maximum absolute atomic E-state index is 11.9. The quantitative estimate of drug-likeness (QED) is 0.530. The van der Waals surface area contributed by atoms with Gasteiger partial charge in [0.25, 0.3) is 0 Å². The van der Waals surface area contributed by atoms with Crippen molar-refractivity contribution in [2.75, 3.05) is 12.3 Å². The van der Waals surface area contributed by atoms with E-state index < -0.39 is 5.76 Å². The van der Waals surface area contributed by atoms with Crippen molar-refractivity contribution in [2.45, 2.75) is 17.9 Å². The first-order valence-electron chi connectivity index (χ1n) is 7.77. The van der Waals surface area contributed by atoms with Crippen LogP contribution < -0.4 is 11.1 Å². The van der Waals surface area contributed by atoms with E-state index in [0.29, 0.717) is 18.7 Å². The Morgan fingerprint density at radius 3 is 2.67 bits per heavy atom. The van der Waals surface area contributed by atoms with Gasteiger partial charge in [0.1, 0.15) is 0 Å². The predicted molar refractivity (Wildman–Crippen MR) is 95.3 cm³/mol. The predicted octanol–water partition coefficient (Wildman–Crippen LogP) is 2.89. The van der Waals surface area contributed by atoms with Crippen LogP contribution in [0.3, 0.4) is 0 Å². The summed E-state index contributed by atoms with van der Waals surface area (Å²) >= 11 is 1.70. The number of aromatic nitrogens is 1. The molecule has 0 radical (unpaired) electrons. The molecule has 3 aromatic rings. The smallest absolute Gasteiger partial charge is 0.408 e. The minimum absolute atomic E-state index is 0.0687. The number of thioether (sulfide) groups is 1. The first-order valence-corrected chi connectivity index (χ1v) is 8.75. The normalized spacial score (nSPS) is 10.8. The van der Waals surface area contributed by atoms with E-state index >= 15 is 0 Å². The Bertz CT molecular complexity index is 871. The third-order valence-electron chi connectivity index (χ3n) is 3.57. The molecule has 0 saturated heterocycles. The summed E-state index contributed by atoms with van der Waals surface area (Å²) in [5, 5.41) is 2.88. The number of rotatable bonds is 7. The number of nitrogens with one attached hydrogen (secondary N) is 1. The second-order valence-corrected chi connectivity index (χ2v) is 6.42. The molecule has 1 amide bonds. The minimum Gasteiger partial charge on any atom is -0.408 e. The Morgan fingerprint density at radius 1 is 1.08 bits per heavy atom. The van der Waals surface area contributed by atoms with Gasteiger partial charge in [-0.15, -0.1) is 11.8 Å². The number of hydrogen-bond donors (Lipinski definition) is 1. The zero-order chi connectivity index (χ0) is 16.8. The van der Waals surface area contributed by atoms with Crippen molar-refractivity contribution < 1.29 is 9.21 Å². The number of carbonyl (C=O) groups is 1. The molecule has 1 N–H and O–H groups in total. The zero-order valence-corrected chi connectivity index (χ0v) is 13.9. The van der Waals surface area contributed by atoms with Crippen molar-refractivity contribution >= 4 is 28.8 Å². The van der Waals surface area contributed by atoms with Crippen LogP contribution in [-0.2, 0) is 11.3 Å². The fraction of sp³-hybridized carbons (Fsp3) is 0.222. The monoisotopic (exact) mass is 342 g/mol. The molecular weight excluding hydrogens is 324 g/mol. The van der Waals surface area contributed by atoms with E-state index in [-0.39, 0.29) is 12.3 Å². The van der Waals surface area contributed by atoms with Crippen molar-refractivity contribution in [1.29, 1.82) is 0 Å². The van der Waals surface area contributed by atoms with Crippen LogP contribution in [0.1, 0.15) is 6.42 Å². The summed E-state index contributed by atoms with van der Waals surface area (Å²) in [7, 11) is 0. The molecule has 3 rings (SSSR count). The number of aryl methyl sites for hydroxylation is 1. The largest absolute Gasteiger partial charge is 0.419 e. The lowest BCUT2D eigenvalue weighted by Crippen LogP contribution is -2.27. The van der Waals surface area contributed by atoms with Crippen LogP contribution in [0.2, 0.25) is 0 Å². The maximum atomic E-state index is 11.9. The molecule has 0 aliphatic rings. The number of carbonyl (C=O) groups excluding carboxylic acids is 1. The molecule has 2 aromatic carbocycles. The summed E-state index contributed by atoms with van der Waals surface area (Å²) in [5.74, 6) is 0.314. The third-order valence-corrected chi connectivity index (χ3v) is 4.59. The van der Waals surface area contributed by atoms with E-state index in [1.54, 1.807) is 17.8 Å². The molecule has 1 heterocycles. The number of amides is 1. The molecule has 0 atom stereocenters. The standard InChI is InChI=1S/C18H18N2O3S/c21-17(19-11-13-24-14-6-2-1-3-7-14)10-12-20-15-8-4-5-9-16(15)23-18(20)22/h1-9H,10-13H2,(H,19,21). The van der Waals surface area contributed by atoms with Gasteiger partial charge in [0.05, 0.1) is 5.52 Å². The summed E-state index contributed by atoms with van der Waals surface area (Å²) in [5.41, 5.74) is 1.26. The number of hydrogen-bond acceptors (Lipinski definition) is 4. The van der Waals surface area contributed by atoms with E-state index in [0.717, 1.165) is 11.3 Å². The highest BCUT2D eigenvalue weighted by molar-refractivity contribution is 7.99. The van der Waals surface area contributed by atoms with Crippen LogP contribution in [0, 0.1) is 0 Å². The average molecular weight is 342 g/mol. The van der Waals surface area contributed by atoms with Crippen LogP contribution in [0.5, 0.6) is 0 Å². The molecule has 6 heteroatoms. The van der Waals surface area contributed by atoms with Gasteiger partial charge in [-0.1, -0.05) is 30.3 Å². The molecule has 1 aromatic heterocycles. The second kappa shape index (κ2) is 7.88. The number of oxazole rings is 1. The summed E-state index contributed by atoms with van der Waals surface area (Å²) in [6, 6.07) is 17.3. The highest BCUT2D eigenvalue weighted by Crippen LogP contribution is 2.15. The number of fused-ring (bicyclic) bond motifs is 1. The Balaban J connectivity index is 1.45. The van der Waals surface area contributed by atoms with Crippen molar-refractivity contribution in [3.05, 3.63) is 65.1 Å². The summed E-state index contributed by atoms with van der Waals surface area (Å²) in [4.78, 5) is 24.9. The number of para-hydroxylation sites is 2. The molecule has 0 aliphatic carbocycles. The fourth-order valence-corrected chi connectivity index (χ4v) is 3.19. The van der Waals surface area contributed by atoms with Crippen molar-refractivity contribution in [3.8, 4) is 0 Å². The molecule has 0 bridgehead atoms. The minimum atomic E-state index is -0.427. The van der Waals surface area contributed by atoms with Crippen molar-refractivity contribution in [2.24, 2.45) is 0 Å². The van der Waals surface area contributed by atoms with Crippen LogP contribution in [0.4, 0.5) is 0 Å². The third kappa shape index (κ3) is 4.08. The molecule has 124 valence electrons. The second-order valence-electron chi connectivity index (χ2n) is 5.25. The van der Waals surface area contributed by atoms with Gasteiger partial charge in [0.2, 0.25) is 5.91 Å². The van der Waals surface area contributed by atoms with Crippen molar-refractivity contribution in [3.63, 3.8) is 0 Å². The summed E-state index contributed by atoms with van der Waals surface area (Å²) < 4.78 is 6.64. The highest BCUT2D eigenvalue weighted by atomic mass is 32.2. The molecule has 0 fully saturated rings. The van der Waals surface area contributed by atoms with Crippen molar-refractivity contribution in [1.82, 2.24) is 9.88 Å². The van der Waals surface area contributed by atoms with Gasteiger partial charge in [-0.25, -0.2) is 4.79 Å². The Morgan fingerprint density at radius 2 is 1.83 bits per heavy atom. The average Bonchev–Trinajstić information content (AvgIpc) is 2.93. The van der Waals surface area contributed by atoms with Crippen LogP contribution in [0.15, 0.2) is 68.7 Å². The van der Waals surface area contributed by atoms with Gasteiger partial charge in [0.15, 0.2) is 5.58 Å². The topological polar surface area (TPSA) is 64.2 Å². The molecule has 24 heavy (non-hydrogen) atoms. The maximum Gasteiger partial charge on any atom is 0.419 e. The highest BCUT2D eigenvalue weighted by Gasteiger charge is 2.10. The van der Waals surface area contributed by atoms with Gasteiger partial charge >= 0.3 is 5.76 Å². The molecule has 0 aliphatic heterocycles. The summed E-state index contributed by atoms with van der Waals surface area (Å²) in [6.07, 6.45) is 0.249. The van der Waals surface area contributed by atoms with Gasteiger partial charge in [-0.05, 0) is 24.3 Å². The van der Waals surface area contributed by atoms with Crippen LogP contribution in [0.25, 0.3) is 11.1 Å². The molecule has 0 unspecified atom stereocenters. The summed E-state index contributed by atoms with van der Waals surface area (Å²) in [6.45, 7) is 0.910. The molecule has 0 saturated carbocycles. The Hall–Kier alpha value is -2.47. The Labute approximate surface area is 143 Å².